The Labute approximate surface area is 182 Å². The molecule has 0 heterocycles. The highest BCUT2D eigenvalue weighted by atomic mass is 79.9. The molecule has 0 unspecified atom stereocenters. The third-order valence-electron chi connectivity index (χ3n) is 3.80. The molecule has 0 spiro atoms. The Hall–Kier alpha value is -2.83. The maximum Gasteiger partial charge on any atom is 0.277 e. The van der Waals surface area contributed by atoms with E-state index in [0.29, 0.717) is 23.1 Å². The molecule has 0 bridgehead atoms. The predicted octanol–water partition coefficient (Wildman–Crippen LogP) is 5.21. The van der Waals surface area contributed by atoms with Gasteiger partial charge >= 0.3 is 0 Å². The summed E-state index contributed by atoms with van der Waals surface area (Å²) >= 11 is 9.47. The fourth-order valence-electron chi connectivity index (χ4n) is 2.34. The lowest BCUT2D eigenvalue weighted by molar-refractivity contribution is -0.123. The van der Waals surface area contributed by atoms with Crippen molar-refractivity contribution in [2.24, 2.45) is 5.10 Å². The number of carbonyl (C=O) groups is 1. The molecule has 3 aromatic carbocycles. The minimum atomic E-state index is -0.346. The molecule has 3 rings (SSSR count). The molecule has 1 amide bonds. The summed E-state index contributed by atoms with van der Waals surface area (Å²) in [4.78, 5) is 11.8. The third-order valence-corrected chi connectivity index (χ3v) is 4.66. The fraction of sp³-hybridized carbons (Fsp3) is 0.0909. The van der Waals surface area contributed by atoms with E-state index in [4.69, 9.17) is 21.1 Å². The van der Waals surface area contributed by atoms with Crippen molar-refractivity contribution in [2.45, 2.75) is 6.61 Å². The van der Waals surface area contributed by atoms with E-state index in [1.165, 1.54) is 0 Å². The summed E-state index contributed by atoms with van der Waals surface area (Å²) < 4.78 is 12.0. The summed E-state index contributed by atoms with van der Waals surface area (Å²) in [5, 5.41) is 4.61. The molecule has 0 aliphatic carbocycles. The van der Waals surface area contributed by atoms with Gasteiger partial charge in [-0.05, 0) is 54.1 Å². The van der Waals surface area contributed by atoms with Gasteiger partial charge in [0.15, 0.2) is 6.61 Å². The second kappa shape index (κ2) is 10.6. The fourth-order valence-corrected chi connectivity index (χ4v) is 2.91. The Kier molecular flexibility index (Phi) is 7.67. The van der Waals surface area contributed by atoms with Gasteiger partial charge in [-0.2, -0.15) is 5.10 Å². The molecule has 29 heavy (non-hydrogen) atoms. The number of carbonyl (C=O) groups excluding carboxylic acids is 1. The van der Waals surface area contributed by atoms with Crippen molar-refractivity contribution in [3.63, 3.8) is 0 Å². The van der Waals surface area contributed by atoms with E-state index in [2.05, 4.69) is 26.5 Å². The zero-order valence-corrected chi connectivity index (χ0v) is 17.7. The number of ether oxygens (including phenoxy) is 2. The number of benzene rings is 3. The first-order valence-corrected chi connectivity index (χ1v) is 9.94. The lowest BCUT2D eigenvalue weighted by atomic mass is 10.2. The van der Waals surface area contributed by atoms with Crippen LogP contribution in [0.3, 0.4) is 0 Å². The average Bonchev–Trinajstić information content (AvgIpc) is 2.73. The van der Waals surface area contributed by atoms with Crippen LogP contribution >= 0.6 is 27.5 Å². The summed E-state index contributed by atoms with van der Waals surface area (Å²) in [5.41, 5.74) is 4.18. The van der Waals surface area contributed by atoms with Gasteiger partial charge < -0.3 is 9.47 Å². The van der Waals surface area contributed by atoms with Gasteiger partial charge in [0, 0.05) is 15.1 Å². The monoisotopic (exact) mass is 472 g/mol. The molecular formula is C22H18BrClN2O3. The van der Waals surface area contributed by atoms with E-state index in [1.54, 1.807) is 18.3 Å². The standard InChI is InChI=1S/C22H18BrClN2O3/c23-18-5-3-6-20(12-18)29-15-22(27)26-25-13-16-8-10-19(11-9-16)28-14-17-4-1-2-7-21(17)24/h1-13H,14-15H2,(H,26,27)/b25-13+. The molecule has 3 aromatic rings. The van der Waals surface area contributed by atoms with Gasteiger partial charge in [0.1, 0.15) is 18.1 Å². The van der Waals surface area contributed by atoms with Crippen molar-refractivity contribution >= 4 is 39.7 Å². The molecule has 0 aromatic heterocycles. The van der Waals surface area contributed by atoms with Gasteiger partial charge in [-0.3, -0.25) is 4.79 Å². The second-order valence-corrected chi connectivity index (χ2v) is 7.31. The van der Waals surface area contributed by atoms with E-state index in [1.807, 2.05) is 60.7 Å². The lowest BCUT2D eigenvalue weighted by Crippen LogP contribution is -2.24. The highest BCUT2D eigenvalue weighted by molar-refractivity contribution is 9.10. The number of nitrogens with one attached hydrogen (secondary N) is 1. The minimum absolute atomic E-state index is 0.122. The van der Waals surface area contributed by atoms with E-state index in [-0.39, 0.29) is 12.5 Å². The van der Waals surface area contributed by atoms with Crippen molar-refractivity contribution in [1.29, 1.82) is 0 Å². The predicted molar refractivity (Wildman–Crippen MR) is 118 cm³/mol. The van der Waals surface area contributed by atoms with E-state index >= 15 is 0 Å². The topological polar surface area (TPSA) is 59.9 Å². The number of hydrazone groups is 1. The van der Waals surface area contributed by atoms with Crippen LogP contribution in [-0.4, -0.2) is 18.7 Å². The lowest BCUT2D eigenvalue weighted by Gasteiger charge is -2.07. The summed E-state index contributed by atoms with van der Waals surface area (Å²) in [6, 6.07) is 22.2. The van der Waals surface area contributed by atoms with Crippen LogP contribution in [0.15, 0.2) is 82.4 Å². The average molecular weight is 474 g/mol. The summed E-state index contributed by atoms with van der Waals surface area (Å²) in [5.74, 6) is 0.973. The Balaban J connectivity index is 1.43. The number of rotatable bonds is 8. The number of halogens is 2. The van der Waals surface area contributed by atoms with Crippen molar-refractivity contribution in [3.05, 3.63) is 93.4 Å². The van der Waals surface area contributed by atoms with E-state index in [9.17, 15) is 4.79 Å². The van der Waals surface area contributed by atoms with Crippen LogP contribution in [0.1, 0.15) is 11.1 Å². The van der Waals surface area contributed by atoms with Crippen molar-refractivity contribution in [3.8, 4) is 11.5 Å². The van der Waals surface area contributed by atoms with Crippen LogP contribution in [-0.2, 0) is 11.4 Å². The molecule has 0 aliphatic rings. The number of hydrogen-bond donors (Lipinski definition) is 1. The molecule has 148 valence electrons. The first-order valence-electron chi connectivity index (χ1n) is 8.77. The first-order chi connectivity index (χ1) is 14.1. The van der Waals surface area contributed by atoms with Crippen molar-refractivity contribution in [2.75, 3.05) is 6.61 Å². The van der Waals surface area contributed by atoms with Crippen LogP contribution in [0.25, 0.3) is 0 Å². The quantitative estimate of drug-likeness (QED) is 0.361. The molecule has 0 atom stereocenters. The van der Waals surface area contributed by atoms with Crippen LogP contribution in [0.4, 0.5) is 0 Å². The maximum absolute atomic E-state index is 11.8. The molecule has 0 fully saturated rings. The number of nitrogens with zero attached hydrogens (tertiary/aromatic N) is 1. The van der Waals surface area contributed by atoms with Gasteiger partial charge in [0.05, 0.1) is 6.21 Å². The van der Waals surface area contributed by atoms with Crippen LogP contribution in [0, 0.1) is 0 Å². The van der Waals surface area contributed by atoms with Gasteiger partial charge in [-0.1, -0.05) is 51.8 Å². The molecule has 0 saturated heterocycles. The molecule has 0 aliphatic heterocycles. The molecule has 0 radical (unpaired) electrons. The Bertz CT molecular complexity index is 993. The first kappa shape index (κ1) is 20.9. The van der Waals surface area contributed by atoms with Gasteiger partial charge in [-0.15, -0.1) is 0 Å². The van der Waals surface area contributed by atoms with E-state index in [0.717, 1.165) is 15.6 Å². The zero-order chi connectivity index (χ0) is 20.5. The highest BCUT2D eigenvalue weighted by Crippen LogP contribution is 2.19. The van der Waals surface area contributed by atoms with Gasteiger partial charge in [0.25, 0.3) is 5.91 Å². The Morgan fingerprint density at radius 3 is 2.55 bits per heavy atom. The summed E-state index contributed by atoms with van der Waals surface area (Å²) in [6.07, 6.45) is 1.55. The third kappa shape index (κ3) is 6.93. The molecular weight excluding hydrogens is 456 g/mol. The molecule has 5 nitrogen and oxygen atoms in total. The van der Waals surface area contributed by atoms with Gasteiger partial charge in [-0.25, -0.2) is 5.43 Å². The molecule has 7 heteroatoms. The smallest absolute Gasteiger partial charge is 0.277 e. The van der Waals surface area contributed by atoms with Gasteiger partial charge in [0.2, 0.25) is 0 Å². The highest BCUT2D eigenvalue weighted by Gasteiger charge is 2.02. The molecule has 0 saturated carbocycles. The number of hydrogen-bond acceptors (Lipinski definition) is 4. The maximum atomic E-state index is 11.8. The second-order valence-electron chi connectivity index (χ2n) is 5.99. The van der Waals surface area contributed by atoms with Crippen LogP contribution in [0.2, 0.25) is 5.02 Å². The van der Waals surface area contributed by atoms with Crippen LogP contribution < -0.4 is 14.9 Å². The number of amides is 1. The van der Waals surface area contributed by atoms with E-state index < -0.39 is 0 Å². The summed E-state index contributed by atoms with van der Waals surface area (Å²) in [6.45, 7) is 0.268. The van der Waals surface area contributed by atoms with Crippen molar-refractivity contribution in [1.82, 2.24) is 5.43 Å². The van der Waals surface area contributed by atoms with Crippen molar-refractivity contribution < 1.29 is 14.3 Å². The largest absolute Gasteiger partial charge is 0.489 e. The zero-order valence-electron chi connectivity index (χ0n) is 15.3. The normalized spacial score (nSPS) is 10.7. The molecule has 1 N–H and O–H groups in total. The Morgan fingerprint density at radius 2 is 1.79 bits per heavy atom. The summed E-state index contributed by atoms with van der Waals surface area (Å²) in [7, 11) is 0. The van der Waals surface area contributed by atoms with Crippen LogP contribution in [0.5, 0.6) is 11.5 Å². The SMILES string of the molecule is O=C(COc1cccc(Br)c1)N/N=C/c1ccc(OCc2ccccc2Cl)cc1. The Morgan fingerprint density at radius 1 is 1.00 bits per heavy atom. The minimum Gasteiger partial charge on any atom is -0.489 e.